The Labute approximate surface area is 125 Å². The van der Waals surface area contributed by atoms with Crippen molar-refractivity contribution in [2.45, 2.75) is 19.4 Å². The maximum atomic E-state index is 9.88. The quantitative estimate of drug-likeness (QED) is 0.547. The molecule has 0 radical (unpaired) electrons. The van der Waals surface area contributed by atoms with Gasteiger partial charge in [0.1, 0.15) is 0 Å². The Morgan fingerprint density at radius 1 is 1.24 bits per heavy atom. The molecule has 6 nitrogen and oxygen atoms in total. The molecule has 0 heterocycles. The first-order chi connectivity index (χ1) is 10.2. The predicted molar refractivity (Wildman–Crippen MR) is 82.1 cm³/mol. The molecule has 3 N–H and O–H groups in total. The molecular formula is C15H23N3O3. The smallest absolute Gasteiger partial charge is 0.200 e. The van der Waals surface area contributed by atoms with Crippen LogP contribution in [0.4, 0.5) is 0 Å². The van der Waals surface area contributed by atoms with E-state index in [0.29, 0.717) is 18.0 Å². The number of aromatic hydroxyl groups is 1. The minimum Gasteiger partial charge on any atom is -0.502 e. The van der Waals surface area contributed by atoms with Crippen LogP contribution in [0.3, 0.4) is 0 Å². The monoisotopic (exact) mass is 293 g/mol. The molecule has 0 aromatic heterocycles. The Kier molecular flexibility index (Phi) is 5.14. The third kappa shape index (κ3) is 4.18. The fourth-order valence-electron chi connectivity index (χ4n) is 2.02. The highest BCUT2D eigenvalue weighted by Gasteiger charge is 2.21. The van der Waals surface area contributed by atoms with Gasteiger partial charge in [0.15, 0.2) is 17.5 Å². The highest BCUT2D eigenvalue weighted by molar-refractivity contribution is 5.79. The second kappa shape index (κ2) is 7.06. The molecule has 1 aliphatic rings. The standard InChI is InChI=1S/C15H23N3O3/c1-16-15(17-8-10-4-5-10)18-9-11-6-12(20-2)14(19)13(7-11)21-3/h6-7,10,19H,4-5,8-9H2,1-3H3,(H2,16,17,18). The van der Waals surface area contributed by atoms with Crippen LogP contribution in [0.1, 0.15) is 18.4 Å². The van der Waals surface area contributed by atoms with E-state index in [2.05, 4.69) is 15.6 Å². The van der Waals surface area contributed by atoms with Crippen molar-refractivity contribution in [3.05, 3.63) is 17.7 Å². The summed E-state index contributed by atoms with van der Waals surface area (Å²) in [5.41, 5.74) is 0.941. The molecular weight excluding hydrogens is 270 g/mol. The first-order valence-corrected chi connectivity index (χ1v) is 7.06. The first kappa shape index (κ1) is 15.3. The largest absolute Gasteiger partial charge is 0.502 e. The third-order valence-corrected chi connectivity index (χ3v) is 3.48. The van der Waals surface area contributed by atoms with Crippen LogP contribution < -0.4 is 20.1 Å². The summed E-state index contributed by atoms with van der Waals surface area (Å²) in [4.78, 5) is 4.19. The van der Waals surface area contributed by atoms with Crippen LogP contribution in [-0.2, 0) is 6.54 Å². The number of phenolic OH excluding ortho intramolecular Hbond substituents is 1. The van der Waals surface area contributed by atoms with E-state index in [0.717, 1.165) is 24.0 Å². The van der Waals surface area contributed by atoms with Gasteiger partial charge in [0.25, 0.3) is 0 Å². The number of aliphatic imine (C=N–C) groups is 1. The Hall–Kier alpha value is -2.11. The molecule has 116 valence electrons. The van der Waals surface area contributed by atoms with Gasteiger partial charge >= 0.3 is 0 Å². The maximum absolute atomic E-state index is 9.88. The van der Waals surface area contributed by atoms with Crippen LogP contribution in [-0.4, -0.2) is 38.9 Å². The van der Waals surface area contributed by atoms with Crippen molar-refractivity contribution in [3.8, 4) is 17.2 Å². The molecule has 0 atom stereocenters. The summed E-state index contributed by atoms with van der Waals surface area (Å²) in [5.74, 6) is 2.37. The average molecular weight is 293 g/mol. The fraction of sp³-hybridized carbons (Fsp3) is 0.533. The Bertz CT molecular complexity index is 488. The van der Waals surface area contributed by atoms with E-state index in [-0.39, 0.29) is 5.75 Å². The summed E-state index contributed by atoms with van der Waals surface area (Å²) in [6.45, 7) is 1.53. The number of ether oxygens (including phenoxy) is 2. The average Bonchev–Trinajstić information content (AvgIpc) is 3.32. The molecule has 1 aromatic carbocycles. The minimum absolute atomic E-state index is 0.0139. The minimum atomic E-state index is 0.0139. The summed E-state index contributed by atoms with van der Waals surface area (Å²) in [6, 6.07) is 3.55. The molecule has 6 heteroatoms. The zero-order valence-electron chi connectivity index (χ0n) is 12.8. The van der Waals surface area contributed by atoms with Gasteiger partial charge in [-0.2, -0.15) is 0 Å². The van der Waals surface area contributed by atoms with Gasteiger partial charge in [-0.25, -0.2) is 0 Å². The third-order valence-electron chi connectivity index (χ3n) is 3.48. The number of nitrogens with one attached hydrogen (secondary N) is 2. The lowest BCUT2D eigenvalue weighted by Gasteiger charge is -2.14. The van der Waals surface area contributed by atoms with Crippen molar-refractivity contribution in [2.75, 3.05) is 27.8 Å². The molecule has 0 saturated heterocycles. The van der Waals surface area contributed by atoms with Crippen molar-refractivity contribution in [3.63, 3.8) is 0 Å². The molecule has 0 unspecified atom stereocenters. The lowest BCUT2D eigenvalue weighted by Crippen LogP contribution is -2.37. The van der Waals surface area contributed by atoms with Gasteiger partial charge in [0.2, 0.25) is 5.75 Å². The van der Waals surface area contributed by atoms with Gasteiger partial charge < -0.3 is 25.2 Å². The molecule has 0 spiro atoms. The van der Waals surface area contributed by atoms with E-state index in [1.807, 2.05) is 0 Å². The number of benzene rings is 1. The summed E-state index contributed by atoms with van der Waals surface area (Å²) in [5, 5.41) is 16.4. The van der Waals surface area contributed by atoms with Crippen LogP contribution >= 0.6 is 0 Å². The van der Waals surface area contributed by atoms with Gasteiger partial charge in [-0.15, -0.1) is 0 Å². The summed E-state index contributed by atoms with van der Waals surface area (Å²) >= 11 is 0. The van der Waals surface area contributed by atoms with Crippen LogP contribution in [0.15, 0.2) is 17.1 Å². The number of hydrogen-bond acceptors (Lipinski definition) is 4. The number of nitrogens with zero attached hydrogens (tertiary/aromatic N) is 1. The molecule has 1 aromatic rings. The Balaban J connectivity index is 1.97. The molecule has 21 heavy (non-hydrogen) atoms. The topological polar surface area (TPSA) is 75.1 Å². The lowest BCUT2D eigenvalue weighted by atomic mass is 10.2. The zero-order valence-corrected chi connectivity index (χ0v) is 12.8. The molecule has 0 amide bonds. The molecule has 1 saturated carbocycles. The van der Waals surface area contributed by atoms with Crippen molar-refractivity contribution in [1.29, 1.82) is 0 Å². The molecule has 1 fully saturated rings. The van der Waals surface area contributed by atoms with Crippen molar-refractivity contribution < 1.29 is 14.6 Å². The van der Waals surface area contributed by atoms with Gasteiger partial charge in [0.05, 0.1) is 14.2 Å². The Morgan fingerprint density at radius 2 is 1.86 bits per heavy atom. The van der Waals surface area contributed by atoms with Crippen LogP contribution in [0.25, 0.3) is 0 Å². The maximum Gasteiger partial charge on any atom is 0.200 e. The van der Waals surface area contributed by atoms with Crippen LogP contribution in [0, 0.1) is 5.92 Å². The van der Waals surface area contributed by atoms with Gasteiger partial charge in [-0.3, -0.25) is 4.99 Å². The molecule has 0 aliphatic heterocycles. The zero-order chi connectivity index (χ0) is 15.2. The summed E-state index contributed by atoms with van der Waals surface area (Å²) in [7, 11) is 4.78. The second-order valence-corrected chi connectivity index (χ2v) is 5.10. The van der Waals surface area contributed by atoms with Crippen molar-refractivity contribution in [2.24, 2.45) is 10.9 Å². The molecule has 1 aliphatic carbocycles. The lowest BCUT2D eigenvalue weighted by molar-refractivity contribution is 0.339. The van der Waals surface area contributed by atoms with Crippen LogP contribution in [0.5, 0.6) is 17.2 Å². The van der Waals surface area contributed by atoms with Crippen LogP contribution in [0.2, 0.25) is 0 Å². The van der Waals surface area contributed by atoms with Crippen molar-refractivity contribution >= 4 is 5.96 Å². The number of hydrogen-bond donors (Lipinski definition) is 3. The number of methoxy groups -OCH3 is 2. The number of guanidine groups is 1. The molecule has 2 rings (SSSR count). The van der Waals surface area contributed by atoms with E-state index in [1.165, 1.54) is 27.1 Å². The SMILES string of the molecule is CN=C(NCc1cc(OC)c(O)c(OC)c1)NCC1CC1. The predicted octanol–water partition coefficient (Wildman–Crippen LogP) is 1.48. The second-order valence-electron chi connectivity index (χ2n) is 5.10. The van der Waals surface area contributed by atoms with E-state index in [1.54, 1.807) is 19.2 Å². The van der Waals surface area contributed by atoms with E-state index < -0.39 is 0 Å². The normalized spacial score (nSPS) is 14.7. The van der Waals surface area contributed by atoms with Crippen molar-refractivity contribution in [1.82, 2.24) is 10.6 Å². The fourth-order valence-corrected chi connectivity index (χ4v) is 2.02. The van der Waals surface area contributed by atoms with Gasteiger partial charge in [-0.1, -0.05) is 0 Å². The summed E-state index contributed by atoms with van der Waals surface area (Å²) in [6.07, 6.45) is 2.60. The Morgan fingerprint density at radius 3 is 2.33 bits per heavy atom. The van der Waals surface area contributed by atoms with E-state index >= 15 is 0 Å². The highest BCUT2D eigenvalue weighted by Crippen LogP contribution is 2.37. The molecule has 0 bridgehead atoms. The number of rotatable bonds is 6. The first-order valence-electron chi connectivity index (χ1n) is 7.06. The highest BCUT2D eigenvalue weighted by atomic mass is 16.5. The van der Waals surface area contributed by atoms with E-state index in [9.17, 15) is 5.11 Å². The van der Waals surface area contributed by atoms with E-state index in [4.69, 9.17) is 9.47 Å². The van der Waals surface area contributed by atoms with Gasteiger partial charge in [-0.05, 0) is 36.5 Å². The number of phenols is 1. The van der Waals surface area contributed by atoms with Gasteiger partial charge in [0, 0.05) is 20.1 Å². The summed E-state index contributed by atoms with van der Waals surface area (Å²) < 4.78 is 10.3.